The zero-order valence-corrected chi connectivity index (χ0v) is 8.78. The highest BCUT2D eigenvalue weighted by Crippen LogP contribution is 1.95. The van der Waals surface area contributed by atoms with Crippen molar-refractivity contribution < 1.29 is 4.74 Å². The van der Waals surface area contributed by atoms with E-state index >= 15 is 0 Å². The van der Waals surface area contributed by atoms with Crippen molar-refractivity contribution in [3.8, 4) is 0 Å². The highest BCUT2D eigenvalue weighted by Gasteiger charge is 2.11. The maximum absolute atomic E-state index is 5.37. The third-order valence-corrected chi connectivity index (χ3v) is 2.44. The first-order chi connectivity index (χ1) is 7.45. The summed E-state index contributed by atoms with van der Waals surface area (Å²) in [5, 5.41) is 6.79. The Morgan fingerprint density at radius 2 is 2.60 bits per heavy atom. The molecule has 0 bridgehead atoms. The van der Waals surface area contributed by atoms with Crippen molar-refractivity contribution in [1.82, 2.24) is 15.6 Å². The molecule has 1 fully saturated rings. The fourth-order valence-electron chi connectivity index (χ4n) is 1.64. The lowest BCUT2D eigenvalue weighted by Gasteiger charge is -2.23. The van der Waals surface area contributed by atoms with Crippen molar-refractivity contribution in [2.24, 2.45) is 0 Å². The Morgan fingerprint density at radius 1 is 1.60 bits per heavy atom. The maximum Gasteiger partial charge on any atom is 0.0632 e. The summed E-state index contributed by atoms with van der Waals surface area (Å²) in [5.74, 6) is 0. The summed E-state index contributed by atoms with van der Waals surface area (Å²) in [7, 11) is 0. The van der Waals surface area contributed by atoms with E-state index in [2.05, 4.69) is 21.7 Å². The highest BCUT2D eigenvalue weighted by molar-refractivity contribution is 5.07. The van der Waals surface area contributed by atoms with Crippen molar-refractivity contribution in [2.45, 2.75) is 12.6 Å². The first kappa shape index (κ1) is 10.5. The Labute approximate surface area is 90.0 Å². The Kier molecular flexibility index (Phi) is 4.08. The number of ether oxygens (including phenoxy) is 1. The van der Waals surface area contributed by atoms with Gasteiger partial charge in [-0.1, -0.05) is 6.07 Å². The standard InChI is InChI=1S/C11H17N3O/c1-2-10(6-12-3-1)7-13-8-11-9-15-5-4-14-11/h1-3,6,11,13-14H,4-5,7-9H2. The van der Waals surface area contributed by atoms with Crippen LogP contribution in [0.25, 0.3) is 0 Å². The molecule has 0 spiro atoms. The Morgan fingerprint density at radius 3 is 3.33 bits per heavy atom. The average molecular weight is 207 g/mol. The zero-order chi connectivity index (χ0) is 10.3. The van der Waals surface area contributed by atoms with E-state index in [4.69, 9.17) is 4.74 Å². The van der Waals surface area contributed by atoms with Crippen LogP contribution in [0, 0.1) is 0 Å². The van der Waals surface area contributed by atoms with Crippen molar-refractivity contribution in [1.29, 1.82) is 0 Å². The van der Waals surface area contributed by atoms with Crippen molar-refractivity contribution in [2.75, 3.05) is 26.3 Å². The fourth-order valence-corrected chi connectivity index (χ4v) is 1.64. The zero-order valence-electron chi connectivity index (χ0n) is 8.78. The van der Waals surface area contributed by atoms with Crippen LogP contribution in [0.3, 0.4) is 0 Å². The topological polar surface area (TPSA) is 46.2 Å². The molecule has 0 radical (unpaired) electrons. The third-order valence-electron chi connectivity index (χ3n) is 2.44. The van der Waals surface area contributed by atoms with Gasteiger partial charge in [0.15, 0.2) is 0 Å². The van der Waals surface area contributed by atoms with E-state index in [9.17, 15) is 0 Å². The van der Waals surface area contributed by atoms with Gasteiger partial charge in [0.2, 0.25) is 0 Å². The van der Waals surface area contributed by atoms with Gasteiger partial charge < -0.3 is 15.4 Å². The van der Waals surface area contributed by atoms with Gasteiger partial charge >= 0.3 is 0 Å². The number of morpholine rings is 1. The van der Waals surface area contributed by atoms with E-state index in [1.165, 1.54) is 5.56 Å². The minimum atomic E-state index is 0.440. The number of nitrogens with one attached hydrogen (secondary N) is 2. The van der Waals surface area contributed by atoms with E-state index < -0.39 is 0 Å². The molecule has 4 nitrogen and oxygen atoms in total. The maximum atomic E-state index is 5.37. The molecule has 2 rings (SSSR count). The normalized spacial score (nSPS) is 21.5. The molecule has 1 aliphatic rings. The van der Waals surface area contributed by atoms with E-state index in [1.807, 2.05) is 12.3 Å². The number of pyridine rings is 1. The van der Waals surface area contributed by atoms with Crippen LogP contribution in [0.1, 0.15) is 5.56 Å². The lowest BCUT2D eigenvalue weighted by Crippen LogP contribution is -2.47. The Bertz CT molecular complexity index is 272. The molecular formula is C11H17N3O. The first-order valence-corrected chi connectivity index (χ1v) is 5.36. The largest absolute Gasteiger partial charge is 0.378 e. The summed E-state index contributed by atoms with van der Waals surface area (Å²) in [5.41, 5.74) is 1.22. The first-order valence-electron chi connectivity index (χ1n) is 5.36. The summed E-state index contributed by atoms with van der Waals surface area (Å²) in [6.07, 6.45) is 3.68. The average Bonchev–Trinajstić information content (AvgIpc) is 2.32. The molecule has 1 unspecified atom stereocenters. The molecule has 0 aromatic carbocycles. The van der Waals surface area contributed by atoms with Crippen LogP contribution >= 0.6 is 0 Å². The van der Waals surface area contributed by atoms with Crippen LogP contribution < -0.4 is 10.6 Å². The summed E-state index contributed by atoms with van der Waals surface area (Å²) in [4.78, 5) is 4.07. The molecule has 82 valence electrons. The second-order valence-corrected chi connectivity index (χ2v) is 3.72. The highest BCUT2D eigenvalue weighted by atomic mass is 16.5. The second-order valence-electron chi connectivity index (χ2n) is 3.72. The van der Waals surface area contributed by atoms with Crippen LogP contribution in [0.15, 0.2) is 24.5 Å². The van der Waals surface area contributed by atoms with Crippen LogP contribution in [-0.2, 0) is 11.3 Å². The smallest absolute Gasteiger partial charge is 0.0632 e. The van der Waals surface area contributed by atoms with Gasteiger partial charge in [-0.05, 0) is 11.6 Å². The van der Waals surface area contributed by atoms with E-state index in [0.717, 1.165) is 32.8 Å². The molecular weight excluding hydrogens is 190 g/mol. The molecule has 4 heteroatoms. The van der Waals surface area contributed by atoms with Gasteiger partial charge in [-0.15, -0.1) is 0 Å². The Balaban J connectivity index is 1.66. The molecule has 0 aliphatic carbocycles. The van der Waals surface area contributed by atoms with Crippen LogP contribution in [0.4, 0.5) is 0 Å². The molecule has 1 aliphatic heterocycles. The van der Waals surface area contributed by atoms with Crippen LogP contribution in [0.2, 0.25) is 0 Å². The minimum Gasteiger partial charge on any atom is -0.378 e. The molecule has 0 amide bonds. The second kappa shape index (κ2) is 5.80. The van der Waals surface area contributed by atoms with Crippen molar-refractivity contribution in [3.63, 3.8) is 0 Å². The summed E-state index contributed by atoms with van der Waals surface area (Å²) in [6.45, 7) is 4.40. The SMILES string of the molecule is c1cncc(CNCC2COCCN2)c1. The Hall–Kier alpha value is -0.970. The van der Waals surface area contributed by atoms with E-state index in [-0.39, 0.29) is 0 Å². The molecule has 2 N–H and O–H groups in total. The van der Waals surface area contributed by atoms with E-state index in [0.29, 0.717) is 6.04 Å². The van der Waals surface area contributed by atoms with E-state index in [1.54, 1.807) is 6.20 Å². The van der Waals surface area contributed by atoms with Gasteiger partial charge in [-0.2, -0.15) is 0 Å². The lowest BCUT2D eigenvalue weighted by atomic mass is 10.2. The van der Waals surface area contributed by atoms with Gasteiger partial charge in [0.25, 0.3) is 0 Å². The van der Waals surface area contributed by atoms with Gasteiger partial charge in [0.1, 0.15) is 0 Å². The molecule has 1 aromatic heterocycles. The van der Waals surface area contributed by atoms with Crippen LogP contribution in [0.5, 0.6) is 0 Å². The van der Waals surface area contributed by atoms with Crippen LogP contribution in [-0.4, -0.2) is 37.3 Å². The summed E-state index contributed by atoms with van der Waals surface area (Å²) < 4.78 is 5.37. The monoisotopic (exact) mass is 207 g/mol. The summed E-state index contributed by atoms with van der Waals surface area (Å²) in [6, 6.07) is 4.47. The number of rotatable bonds is 4. The number of nitrogens with zero attached hydrogens (tertiary/aromatic N) is 1. The van der Waals surface area contributed by atoms with Gasteiger partial charge in [0, 0.05) is 38.1 Å². The lowest BCUT2D eigenvalue weighted by molar-refractivity contribution is 0.0766. The fraction of sp³-hybridized carbons (Fsp3) is 0.545. The number of hydrogen-bond donors (Lipinski definition) is 2. The minimum absolute atomic E-state index is 0.440. The molecule has 1 aromatic rings. The third kappa shape index (κ3) is 3.58. The van der Waals surface area contributed by atoms with Crippen molar-refractivity contribution >= 4 is 0 Å². The van der Waals surface area contributed by atoms with Crippen molar-refractivity contribution in [3.05, 3.63) is 30.1 Å². The predicted molar refractivity (Wildman–Crippen MR) is 58.6 cm³/mol. The molecule has 0 saturated carbocycles. The van der Waals surface area contributed by atoms with Gasteiger partial charge in [-0.3, -0.25) is 4.98 Å². The predicted octanol–water partition coefficient (Wildman–Crippen LogP) is 0.160. The molecule has 2 heterocycles. The number of aromatic nitrogens is 1. The molecule has 1 atom stereocenters. The summed E-state index contributed by atoms with van der Waals surface area (Å²) >= 11 is 0. The molecule has 1 saturated heterocycles. The number of hydrogen-bond acceptors (Lipinski definition) is 4. The van der Waals surface area contributed by atoms with Gasteiger partial charge in [0.05, 0.1) is 13.2 Å². The van der Waals surface area contributed by atoms with Gasteiger partial charge in [-0.25, -0.2) is 0 Å². The molecule has 15 heavy (non-hydrogen) atoms. The quantitative estimate of drug-likeness (QED) is 0.738.